The number of cyclic esters (lactones) is 1. The van der Waals surface area contributed by atoms with Gasteiger partial charge in [0.15, 0.2) is 6.10 Å². The van der Waals surface area contributed by atoms with Crippen molar-refractivity contribution in [3.8, 4) is 11.5 Å². The van der Waals surface area contributed by atoms with E-state index in [1.165, 1.54) is 4.90 Å². The van der Waals surface area contributed by atoms with Crippen molar-refractivity contribution in [3.63, 3.8) is 0 Å². The number of carbonyl (C=O) groups excluding carboxylic acids is 3. The van der Waals surface area contributed by atoms with Crippen LogP contribution in [-0.4, -0.2) is 64.2 Å². The van der Waals surface area contributed by atoms with E-state index in [1.54, 1.807) is 29.2 Å². The molecule has 0 spiro atoms. The lowest BCUT2D eigenvalue weighted by Gasteiger charge is -2.42. The molecular weight excluding hydrogens is 696 g/mol. The molecule has 7 rings (SSSR count). The average molecular weight is 733 g/mol. The first kappa shape index (κ1) is 35.2. The van der Waals surface area contributed by atoms with Gasteiger partial charge < -0.3 is 14.2 Å². The fraction of sp³-hybridized carbons (Fsp3) is 0.214. The summed E-state index contributed by atoms with van der Waals surface area (Å²) in [5.41, 5.74) is 2.23. The van der Waals surface area contributed by atoms with Gasteiger partial charge in [-0.2, -0.15) is 0 Å². The molecule has 1 unspecified atom stereocenters. The fourth-order valence-corrected chi connectivity index (χ4v) is 8.03. The van der Waals surface area contributed by atoms with Gasteiger partial charge in [0, 0.05) is 5.02 Å². The van der Waals surface area contributed by atoms with Crippen LogP contribution in [0.3, 0.4) is 0 Å². The molecule has 0 aromatic heterocycles. The first-order valence-electron chi connectivity index (χ1n) is 17.1. The van der Waals surface area contributed by atoms with Crippen molar-refractivity contribution in [2.75, 3.05) is 19.8 Å². The Labute approximate surface area is 312 Å². The molecule has 0 saturated carbocycles. The number of amides is 3. The Morgan fingerprint density at radius 1 is 0.769 bits per heavy atom. The maximum Gasteiger partial charge on any atom is 0.410 e. The van der Waals surface area contributed by atoms with Crippen molar-refractivity contribution >= 4 is 40.6 Å². The predicted molar refractivity (Wildman–Crippen MR) is 202 cm³/mol. The maximum atomic E-state index is 14.4. The van der Waals surface area contributed by atoms with Crippen molar-refractivity contribution in [1.29, 1.82) is 0 Å². The molecule has 52 heavy (non-hydrogen) atoms. The summed E-state index contributed by atoms with van der Waals surface area (Å²) in [4.78, 5) is 44.1. The summed E-state index contributed by atoms with van der Waals surface area (Å²) in [6.07, 6.45) is -0.454. The van der Waals surface area contributed by atoms with Gasteiger partial charge in [0.05, 0.1) is 17.8 Å². The van der Waals surface area contributed by atoms with Crippen molar-refractivity contribution < 1.29 is 28.6 Å². The Balaban J connectivity index is 1.01. The lowest BCUT2D eigenvalue weighted by molar-refractivity contribution is -0.129. The maximum absolute atomic E-state index is 14.4. The molecule has 8 nitrogen and oxygen atoms in total. The third kappa shape index (κ3) is 7.24. The highest BCUT2D eigenvalue weighted by Gasteiger charge is 2.54. The summed E-state index contributed by atoms with van der Waals surface area (Å²) in [5.74, 6) is 0.999. The molecule has 2 aliphatic rings. The van der Waals surface area contributed by atoms with Gasteiger partial charge in [-0.05, 0) is 65.9 Å². The largest absolute Gasteiger partial charge is 0.491 e. The van der Waals surface area contributed by atoms with Crippen LogP contribution in [0, 0.1) is 0 Å². The van der Waals surface area contributed by atoms with Crippen LogP contribution in [0.25, 0.3) is 0 Å². The second-order valence-corrected chi connectivity index (χ2v) is 14.4. The highest BCUT2D eigenvalue weighted by molar-refractivity contribution is 8.15. The van der Waals surface area contributed by atoms with Crippen LogP contribution in [0.5, 0.6) is 11.5 Å². The third-order valence-electron chi connectivity index (χ3n) is 9.33. The van der Waals surface area contributed by atoms with Gasteiger partial charge in [0.1, 0.15) is 30.3 Å². The Hall–Kier alpha value is -5.25. The zero-order valence-corrected chi connectivity index (χ0v) is 30.0. The number of benzene rings is 5. The van der Waals surface area contributed by atoms with E-state index in [1.807, 2.05) is 122 Å². The molecule has 2 aliphatic heterocycles. The Morgan fingerprint density at radius 3 is 1.94 bits per heavy atom. The lowest BCUT2D eigenvalue weighted by atomic mass is 9.75. The molecular formula is C42H37ClN2O6S. The summed E-state index contributed by atoms with van der Waals surface area (Å²) < 4.78 is 17.3. The molecule has 3 atom stereocenters. The number of ether oxygens (including phenoxy) is 3. The quantitative estimate of drug-likeness (QED) is 0.112. The van der Waals surface area contributed by atoms with Gasteiger partial charge in [-0.25, -0.2) is 4.79 Å². The normalized spacial score (nSPS) is 18.0. The minimum absolute atomic E-state index is 0.217. The second kappa shape index (κ2) is 15.6. The minimum Gasteiger partial charge on any atom is -0.491 e. The van der Waals surface area contributed by atoms with Crippen LogP contribution >= 0.6 is 23.4 Å². The number of nitrogens with zero attached hydrogens (tertiary/aromatic N) is 2. The number of rotatable bonds is 13. The van der Waals surface area contributed by atoms with Gasteiger partial charge in [0.25, 0.3) is 5.24 Å². The monoisotopic (exact) mass is 732 g/mol. The van der Waals surface area contributed by atoms with E-state index in [0.29, 0.717) is 29.5 Å². The van der Waals surface area contributed by atoms with E-state index in [0.717, 1.165) is 34.0 Å². The molecule has 0 radical (unpaired) electrons. The molecule has 5 aromatic rings. The summed E-state index contributed by atoms with van der Waals surface area (Å²) in [5, 5.41) is -0.326. The van der Waals surface area contributed by atoms with Gasteiger partial charge in [-0.3, -0.25) is 19.4 Å². The predicted octanol–water partition coefficient (Wildman–Crippen LogP) is 8.61. The Kier molecular flexibility index (Phi) is 10.5. The summed E-state index contributed by atoms with van der Waals surface area (Å²) in [6.45, 7) is 2.76. The van der Waals surface area contributed by atoms with Crippen molar-refractivity contribution in [2.45, 2.75) is 36.3 Å². The molecule has 0 bridgehead atoms. The highest BCUT2D eigenvalue weighted by Crippen LogP contribution is 2.48. The summed E-state index contributed by atoms with van der Waals surface area (Å²) >= 11 is 7.10. The van der Waals surface area contributed by atoms with Crippen molar-refractivity contribution in [3.05, 3.63) is 167 Å². The van der Waals surface area contributed by atoms with Gasteiger partial charge in [-0.1, -0.05) is 133 Å². The number of carbonyl (C=O) groups is 3. The Morgan fingerprint density at radius 2 is 1.37 bits per heavy atom. The first-order valence-corrected chi connectivity index (χ1v) is 18.4. The first-order chi connectivity index (χ1) is 25.3. The van der Waals surface area contributed by atoms with E-state index in [2.05, 4.69) is 0 Å². The van der Waals surface area contributed by atoms with Gasteiger partial charge in [-0.15, -0.1) is 0 Å². The molecule has 2 saturated heterocycles. The molecule has 0 aliphatic carbocycles. The molecule has 2 fully saturated rings. The molecule has 3 amide bonds. The average Bonchev–Trinajstić information content (AvgIpc) is 3.69. The van der Waals surface area contributed by atoms with Crippen LogP contribution in [0.1, 0.15) is 29.2 Å². The van der Waals surface area contributed by atoms with Crippen LogP contribution in [-0.2, 0) is 21.5 Å². The third-order valence-corrected chi connectivity index (χ3v) is 10.6. The van der Waals surface area contributed by atoms with Crippen LogP contribution < -0.4 is 9.47 Å². The van der Waals surface area contributed by atoms with Crippen molar-refractivity contribution in [2.24, 2.45) is 0 Å². The van der Waals surface area contributed by atoms with E-state index in [4.69, 9.17) is 25.8 Å². The summed E-state index contributed by atoms with van der Waals surface area (Å²) in [7, 11) is 0. The number of halogens is 1. The van der Waals surface area contributed by atoms with Crippen LogP contribution in [0.2, 0.25) is 5.02 Å². The molecule has 2 heterocycles. The van der Waals surface area contributed by atoms with E-state index in [9.17, 15) is 14.4 Å². The Bertz CT molecular complexity index is 1920. The lowest BCUT2D eigenvalue weighted by Crippen LogP contribution is -2.51. The molecule has 264 valence electrons. The zero-order chi connectivity index (χ0) is 36.1. The minimum atomic E-state index is -1.15. The van der Waals surface area contributed by atoms with Crippen molar-refractivity contribution in [1.82, 2.24) is 9.80 Å². The van der Waals surface area contributed by atoms with Crippen LogP contribution in [0.4, 0.5) is 9.59 Å². The molecule has 0 N–H and O–H groups in total. The number of imide groups is 1. The van der Waals surface area contributed by atoms with E-state index >= 15 is 0 Å². The summed E-state index contributed by atoms with van der Waals surface area (Å²) in [6, 6.07) is 43.6. The van der Waals surface area contributed by atoms with E-state index in [-0.39, 0.29) is 30.4 Å². The smallest absolute Gasteiger partial charge is 0.410 e. The highest BCUT2D eigenvalue weighted by atomic mass is 35.5. The second-order valence-electron chi connectivity index (χ2n) is 12.8. The number of hydrogen-bond acceptors (Lipinski definition) is 7. The standard InChI is InChI=1S/C42H37ClN2O6S/c1-29(44-26-37(51-40(44)47)28-50-36-19-11-18-34(43)25-36)27-49-35-22-20-30(21-23-35)24-38-39(46)45(41(48)52-38)42(31-12-5-2-6-13-31,32-14-7-3-8-15-32)33-16-9-4-10-17-33/h2-23,25,29,37-38H,24,26-28H2,1H3/t29-,37-,38?/m0/s1. The molecule has 10 heteroatoms. The van der Waals surface area contributed by atoms with Gasteiger partial charge >= 0.3 is 6.09 Å². The van der Waals surface area contributed by atoms with Gasteiger partial charge in [0.2, 0.25) is 5.91 Å². The molecule has 5 aromatic carbocycles. The number of thioether (sulfide) groups is 1. The van der Waals surface area contributed by atoms with Crippen LogP contribution in [0.15, 0.2) is 140 Å². The SMILES string of the molecule is C[C@@H](COc1ccc(CC2SC(=O)N(C(c3ccccc3)(c3ccccc3)c3ccccc3)C2=O)cc1)N1C[C@@H](COc2cccc(Cl)c2)OC1=O. The zero-order valence-electron chi connectivity index (χ0n) is 28.5. The topological polar surface area (TPSA) is 85.4 Å². The number of hydrogen-bond donors (Lipinski definition) is 0. The van der Waals surface area contributed by atoms with E-state index < -0.39 is 23.0 Å². The fourth-order valence-electron chi connectivity index (χ4n) is 6.79.